The van der Waals surface area contributed by atoms with Crippen molar-refractivity contribution in [3.63, 3.8) is 0 Å². The highest BCUT2D eigenvalue weighted by atomic mass is 35.5. The first-order valence-corrected chi connectivity index (χ1v) is 11.6. The van der Waals surface area contributed by atoms with E-state index >= 15 is 0 Å². The fourth-order valence-electron chi connectivity index (χ4n) is 4.22. The van der Waals surface area contributed by atoms with Gasteiger partial charge in [-0.25, -0.2) is 23.1 Å². The van der Waals surface area contributed by atoms with E-state index in [2.05, 4.69) is 15.3 Å². The predicted molar refractivity (Wildman–Crippen MR) is 128 cm³/mol. The van der Waals surface area contributed by atoms with Crippen molar-refractivity contribution in [2.45, 2.75) is 43.2 Å². The molecule has 0 bridgehead atoms. The molecule has 190 valence electrons. The van der Waals surface area contributed by atoms with Gasteiger partial charge in [-0.1, -0.05) is 29.8 Å². The van der Waals surface area contributed by atoms with E-state index in [1.54, 1.807) is 24.3 Å². The van der Waals surface area contributed by atoms with Gasteiger partial charge in [0.05, 0.1) is 30.1 Å². The highest BCUT2D eigenvalue weighted by Crippen LogP contribution is 2.41. The summed E-state index contributed by atoms with van der Waals surface area (Å²) in [6, 6.07) is 9.55. The van der Waals surface area contributed by atoms with Crippen LogP contribution in [0.5, 0.6) is 0 Å². The summed E-state index contributed by atoms with van der Waals surface area (Å²) in [5.41, 5.74) is 6.98. The van der Waals surface area contributed by atoms with Crippen LogP contribution >= 0.6 is 11.6 Å². The van der Waals surface area contributed by atoms with Gasteiger partial charge in [0.1, 0.15) is 23.4 Å². The van der Waals surface area contributed by atoms with Crippen LogP contribution < -0.4 is 11.1 Å². The molecule has 1 unspecified atom stereocenters. The number of hydrogen-bond donors (Lipinski definition) is 4. The number of aliphatic hydroxyl groups is 2. The lowest BCUT2D eigenvalue weighted by atomic mass is 9.83. The second-order valence-electron chi connectivity index (χ2n) is 8.74. The summed E-state index contributed by atoms with van der Waals surface area (Å²) >= 11 is 5.97. The van der Waals surface area contributed by atoms with Crippen molar-refractivity contribution in [2.75, 3.05) is 12.3 Å². The van der Waals surface area contributed by atoms with Crippen LogP contribution in [0.3, 0.4) is 0 Å². The lowest BCUT2D eigenvalue weighted by Crippen LogP contribution is -2.39. The lowest BCUT2D eigenvalue weighted by molar-refractivity contribution is -0.135. The van der Waals surface area contributed by atoms with Crippen molar-refractivity contribution >= 4 is 23.3 Å². The third kappa shape index (κ3) is 5.45. The molecule has 1 fully saturated rings. The summed E-state index contributed by atoms with van der Waals surface area (Å²) in [5.74, 6) is -5.21. The van der Waals surface area contributed by atoms with Crippen LogP contribution in [0.25, 0.3) is 11.3 Å². The molecule has 11 heteroatoms. The van der Waals surface area contributed by atoms with Crippen molar-refractivity contribution in [2.24, 2.45) is 0 Å². The maximum absolute atomic E-state index is 15.0. The zero-order valence-electron chi connectivity index (χ0n) is 19.0. The van der Waals surface area contributed by atoms with Crippen molar-refractivity contribution in [3.05, 3.63) is 76.3 Å². The monoisotopic (exact) mass is 520 g/mol. The van der Waals surface area contributed by atoms with Gasteiger partial charge in [-0.05, 0) is 42.7 Å². The number of nitrogens with zero attached hydrogens (tertiary/aromatic N) is 2. The normalized spacial score (nSPS) is 20.1. The Morgan fingerprint density at radius 1 is 1.28 bits per heavy atom. The lowest BCUT2D eigenvalue weighted by Gasteiger charge is -2.32. The van der Waals surface area contributed by atoms with Crippen molar-refractivity contribution in [1.29, 1.82) is 0 Å². The van der Waals surface area contributed by atoms with Crippen LogP contribution in [0.15, 0.2) is 48.7 Å². The highest BCUT2D eigenvalue weighted by Gasteiger charge is 2.44. The highest BCUT2D eigenvalue weighted by molar-refractivity contribution is 6.30. The molecule has 4 rings (SSSR count). The summed E-state index contributed by atoms with van der Waals surface area (Å²) in [6.45, 7) is -0.424. The Labute approximate surface area is 210 Å². The van der Waals surface area contributed by atoms with Crippen LogP contribution in [0, 0.1) is 5.82 Å². The molecule has 36 heavy (non-hydrogen) atoms. The Hall–Kier alpha value is -3.21. The standard InChI is InChI=1S/C25H24ClF3N4O3/c26-16-3-1-2-13(8-16)20(12-34)33-24(36)17-5-4-15(9-18(17)27)22-23(30)31-11-19(32-22)14-6-7-25(28,29)21(35)10-14/h1-5,8-9,11,14,20-21,34-35H,6-7,10,12H2,(H2,30,31)(H,33,36)/t14?,20-,21-/m1/s1. The van der Waals surface area contributed by atoms with Crippen LogP contribution in [0.4, 0.5) is 19.0 Å². The molecule has 1 aliphatic rings. The minimum atomic E-state index is -3.15. The Kier molecular flexibility index (Phi) is 7.49. The zero-order chi connectivity index (χ0) is 26.0. The summed E-state index contributed by atoms with van der Waals surface area (Å²) in [7, 11) is 0. The number of aliphatic hydroxyl groups excluding tert-OH is 2. The molecule has 1 heterocycles. The number of nitrogens with one attached hydrogen (secondary N) is 1. The van der Waals surface area contributed by atoms with Gasteiger partial charge in [-0.2, -0.15) is 0 Å². The maximum Gasteiger partial charge on any atom is 0.273 e. The Morgan fingerprint density at radius 3 is 2.72 bits per heavy atom. The van der Waals surface area contributed by atoms with Gasteiger partial charge < -0.3 is 21.3 Å². The molecule has 0 spiro atoms. The number of amides is 1. The van der Waals surface area contributed by atoms with Gasteiger partial charge in [0.15, 0.2) is 0 Å². The molecule has 3 aromatic rings. The van der Waals surface area contributed by atoms with Crippen LogP contribution in [0.1, 0.15) is 52.8 Å². The van der Waals surface area contributed by atoms with Crippen LogP contribution in [0.2, 0.25) is 5.02 Å². The number of nitrogen functional groups attached to an aromatic ring is 1. The molecule has 0 radical (unpaired) electrons. The van der Waals surface area contributed by atoms with E-state index in [4.69, 9.17) is 17.3 Å². The van der Waals surface area contributed by atoms with Gasteiger partial charge in [0, 0.05) is 22.9 Å². The average Bonchev–Trinajstić information content (AvgIpc) is 2.84. The van der Waals surface area contributed by atoms with Gasteiger partial charge in [0.2, 0.25) is 0 Å². The number of anilines is 1. The van der Waals surface area contributed by atoms with E-state index in [1.165, 1.54) is 18.3 Å². The molecule has 1 aromatic heterocycles. The van der Waals surface area contributed by atoms with Crippen molar-refractivity contribution < 1.29 is 28.2 Å². The van der Waals surface area contributed by atoms with E-state index in [0.717, 1.165) is 6.07 Å². The summed E-state index contributed by atoms with van der Waals surface area (Å²) in [5, 5.41) is 22.5. The smallest absolute Gasteiger partial charge is 0.273 e. The summed E-state index contributed by atoms with van der Waals surface area (Å²) in [6.07, 6.45) is -0.986. The molecule has 1 aliphatic carbocycles. The number of halogens is 4. The maximum atomic E-state index is 15.0. The fraction of sp³-hybridized carbons (Fsp3) is 0.320. The largest absolute Gasteiger partial charge is 0.394 e. The number of hydrogen-bond acceptors (Lipinski definition) is 6. The molecular weight excluding hydrogens is 497 g/mol. The molecule has 7 nitrogen and oxygen atoms in total. The topological polar surface area (TPSA) is 121 Å². The van der Waals surface area contributed by atoms with E-state index in [9.17, 15) is 28.2 Å². The van der Waals surface area contributed by atoms with E-state index in [-0.39, 0.29) is 35.5 Å². The third-order valence-corrected chi connectivity index (χ3v) is 6.52. The van der Waals surface area contributed by atoms with Crippen molar-refractivity contribution in [1.82, 2.24) is 15.3 Å². The summed E-state index contributed by atoms with van der Waals surface area (Å²) < 4.78 is 42.3. The van der Waals surface area contributed by atoms with Crippen molar-refractivity contribution in [3.8, 4) is 11.3 Å². The van der Waals surface area contributed by atoms with E-state index in [0.29, 0.717) is 16.3 Å². The SMILES string of the molecule is Nc1ncc(C2CCC(F)(F)[C@H](O)C2)nc1-c1ccc(C(=O)N[C@H](CO)c2cccc(Cl)c2)c(F)c1. The number of aromatic nitrogens is 2. The molecule has 1 amide bonds. The summed E-state index contributed by atoms with van der Waals surface area (Å²) in [4.78, 5) is 21.2. The van der Waals surface area contributed by atoms with E-state index < -0.39 is 48.7 Å². The Bertz CT molecular complexity index is 1280. The molecule has 3 atom stereocenters. The average molecular weight is 521 g/mol. The predicted octanol–water partition coefficient (Wildman–Crippen LogP) is 4.25. The van der Waals surface area contributed by atoms with Gasteiger partial charge in [-0.3, -0.25) is 4.79 Å². The molecule has 1 saturated carbocycles. The number of carbonyl (C=O) groups is 1. The molecule has 2 aromatic carbocycles. The fourth-order valence-corrected chi connectivity index (χ4v) is 4.42. The first-order valence-electron chi connectivity index (χ1n) is 11.2. The van der Waals surface area contributed by atoms with Crippen LogP contribution in [-0.4, -0.2) is 44.7 Å². The minimum absolute atomic E-state index is 0.00154. The molecule has 0 saturated heterocycles. The number of alkyl halides is 2. The second kappa shape index (κ2) is 10.4. The minimum Gasteiger partial charge on any atom is -0.394 e. The van der Waals surface area contributed by atoms with Gasteiger partial charge >= 0.3 is 0 Å². The number of carbonyl (C=O) groups excluding carboxylic acids is 1. The Balaban J connectivity index is 1.55. The van der Waals surface area contributed by atoms with Gasteiger partial charge in [0.25, 0.3) is 11.8 Å². The number of rotatable bonds is 6. The van der Waals surface area contributed by atoms with Gasteiger partial charge in [-0.15, -0.1) is 0 Å². The molecular formula is C25H24ClF3N4O3. The van der Waals surface area contributed by atoms with Crippen LogP contribution in [-0.2, 0) is 0 Å². The number of benzene rings is 2. The second-order valence-corrected chi connectivity index (χ2v) is 9.17. The molecule has 0 aliphatic heterocycles. The third-order valence-electron chi connectivity index (χ3n) is 6.29. The zero-order valence-corrected chi connectivity index (χ0v) is 19.7. The van der Waals surface area contributed by atoms with E-state index in [1.807, 2.05) is 0 Å². The quantitative estimate of drug-likeness (QED) is 0.385. The first kappa shape index (κ1) is 25.9. The molecule has 5 N–H and O–H groups in total. The first-order chi connectivity index (χ1) is 17.1. The Morgan fingerprint density at radius 2 is 2.06 bits per heavy atom. The number of nitrogens with two attached hydrogens (primary N) is 1.